The van der Waals surface area contributed by atoms with E-state index in [1.807, 2.05) is 11.1 Å². The summed E-state index contributed by atoms with van der Waals surface area (Å²) >= 11 is 0. The van der Waals surface area contributed by atoms with Crippen molar-refractivity contribution in [3.63, 3.8) is 0 Å². The summed E-state index contributed by atoms with van der Waals surface area (Å²) in [5, 5.41) is 0. The first-order valence-electron chi connectivity index (χ1n) is 8.25. The van der Waals surface area contributed by atoms with Crippen LogP contribution in [0.3, 0.4) is 0 Å². The van der Waals surface area contributed by atoms with Crippen LogP contribution in [0.15, 0.2) is 41.1 Å². The number of pyridine rings is 1. The third-order valence-electron chi connectivity index (χ3n) is 4.29. The molecule has 5 nitrogen and oxygen atoms in total. The maximum absolute atomic E-state index is 12.4. The van der Waals surface area contributed by atoms with Crippen LogP contribution in [-0.2, 0) is 13.0 Å². The van der Waals surface area contributed by atoms with E-state index in [-0.39, 0.29) is 5.91 Å². The fourth-order valence-electron chi connectivity index (χ4n) is 2.88. The number of amides is 1. The second-order valence-electron chi connectivity index (χ2n) is 5.91. The minimum Gasteiger partial charge on any atom is -0.459 e. The smallest absolute Gasteiger partial charge is 0.289 e. The Kier molecular flexibility index (Phi) is 5.08. The molecule has 3 heterocycles. The van der Waals surface area contributed by atoms with Crippen LogP contribution in [0.25, 0.3) is 0 Å². The van der Waals surface area contributed by atoms with Crippen molar-refractivity contribution >= 4 is 5.91 Å². The molecular weight excluding hydrogens is 290 g/mol. The Bertz CT molecular complexity index is 622. The zero-order chi connectivity index (χ0) is 16.1. The van der Waals surface area contributed by atoms with Crippen molar-refractivity contribution < 1.29 is 9.21 Å². The highest BCUT2D eigenvalue weighted by Crippen LogP contribution is 2.12. The normalized spacial score (nSPS) is 16.3. The van der Waals surface area contributed by atoms with Gasteiger partial charge >= 0.3 is 0 Å². The van der Waals surface area contributed by atoms with E-state index in [9.17, 15) is 4.79 Å². The van der Waals surface area contributed by atoms with Crippen LogP contribution in [0, 0.1) is 0 Å². The summed E-state index contributed by atoms with van der Waals surface area (Å²) < 4.78 is 5.22. The molecule has 0 saturated carbocycles. The number of furan rings is 1. The minimum absolute atomic E-state index is 0.0118. The van der Waals surface area contributed by atoms with Gasteiger partial charge in [0.25, 0.3) is 5.91 Å². The molecule has 1 aliphatic heterocycles. The van der Waals surface area contributed by atoms with Crippen LogP contribution in [0.4, 0.5) is 0 Å². The molecular formula is C18H23N3O2. The molecule has 23 heavy (non-hydrogen) atoms. The number of aromatic nitrogens is 1. The average molecular weight is 313 g/mol. The lowest BCUT2D eigenvalue weighted by molar-refractivity contribution is 0.0729. The highest BCUT2D eigenvalue weighted by Gasteiger charge is 2.22. The topological polar surface area (TPSA) is 49.6 Å². The number of aryl methyl sites for hydroxylation is 1. The van der Waals surface area contributed by atoms with Crippen LogP contribution in [0.5, 0.6) is 0 Å². The Balaban J connectivity index is 1.56. The fraction of sp³-hybridized carbons (Fsp3) is 0.444. The summed E-state index contributed by atoms with van der Waals surface area (Å²) in [6, 6.07) is 7.73. The molecule has 5 heteroatoms. The van der Waals surface area contributed by atoms with E-state index in [0.717, 1.165) is 51.3 Å². The molecule has 1 saturated heterocycles. The number of hydrogen-bond donors (Lipinski definition) is 0. The molecule has 0 bridgehead atoms. The van der Waals surface area contributed by atoms with Gasteiger partial charge in [-0.05, 0) is 36.6 Å². The van der Waals surface area contributed by atoms with Crippen molar-refractivity contribution in [1.82, 2.24) is 14.8 Å². The summed E-state index contributed by atoms with van der Waals surface area (Å²) in [7, 11) is 0. The lowest BCUT2D eigenvalue weighted by Gasteiger charge is -2.21. The number of carbonyl (C=O) groups is 1. The molecule has 0 aromatic carbocycles. The first-order valence-corrected chi connectivity index (χ1v) is 8.25. The molecule has 122 valence electrons. The largest absolute Gasteiger partial charge is 0.459 e. The molecule has 2 aromatic heterocycles. The zero-order valence-electron chi connectivity index (χ0n) is 13.6. The van der Waals surface area contributed by atoms with E-state index in [1.165, 1.54) is 5.56 Å². The standard InChI is InChI=1S/C18H23N3O2/c1-2-15-6-7-16(19-13-15)14-20-8-4-9-21(11-10-20)18(22)17-5-3-12-23-17/h3,5-7,12-13H,2,4,8-11,14H2,1H3. The first kappa shape index (κ1) is 15.7. The molecule has 3 rings (SSSR count). The van der Waals surface area contributed by atoms with E-state index in [2.05, 4.69) is 28.9 Å². The third kappa shape index (κ3) is 3.99. The predicted octanol–water partition coefficient (Wildman–Crippen LogP) is 2.59. The van der Waals surface area contributed by atoms with E-state index < -0.39 is 0 Å². The lowest BCUT2D eigenvalue weighted by atomic mass is 10.2. The molecule has 0 N–H and O–H groups in total. The Labute approximate surface area is 136 Å². The summed E-state index contributed by atoms with van der Waals surface area (Å²) in [5.41, 5.74) is 2.35. The van der Waals surface area contributed by atoms with Crippen molar-refractivity contribution in [2.45, 2.75) is 26.3 Å². The maximum atomic E-state index is 12.4. The van der Waals surface area contributed by atoms with Crippen molar-refractivity contribution in [3.05, 3.63) is 53.7 Å². The number of carbonyl (C=O) groups excluding carboxylic acids is 1. The zero-order valence-corrected chi connectivity index (χ0v) is 13.6. The molecule has 0 radical (unpaired) electrons. The summed E-state index contributed by atoms with van der Waals surface area (Å²) in [4.78, 5) is 21.1. The van der Waals surface area contributed by atoms with Gasteiger partial charge in [-0.2, -0.15) is 0 Å². The van der Waals surface area contributed by atoms with Gasteiger partial charge in [0, 0.05) is 38.9 Å². The van der Waals surface area contributed by atoms with E-state index in [0.29, 0.717) is 5.76 Å². The van der Waals surface area contributed by atoms with E-state index >= 15 is 0 Å². The highest BCUT2D eigenvalue weighted by molar-refractivity contribution is 5.91. The van der Waals surface area contributed by atoms with Crippen molar-refractivity contribution in [3.8, 4) is 0 Å². The van der Waals surface area contributed by atoms with Crippen molar-refractivity contribution in [2.75, 3.05) is 26.2 Å². The number of hydrogen-bond acceptors (Lipinski definition) is 4. The van der Waals surface area contributed by atoms with Gasteiger partial charge in [-0.1, -0.05) is 13.0 Å². The van der Waals surface area contributed by atoms with Gasteiger partial charge < -0.3 is 9.32 Å². The Morgan fingerprint density at radius 1 is 1.22 bits per heavy atom. The van der Waals surface area contributed by atoms with Gasteiger partial charge in [-0.3, -0.25) is 14.7 Å². The van der Waals surface area contributed by atoms with Crippen molar-refractivity contribution in [1.29, 1.82) is 0 Å². The van der Waals surface area contributed by atoms with Gasteiger partial charge in [0.1, 0.15) is 0 Å². The second-order valence-corrected chi connectivity index (χ2v) is 5.91. The third-order valence-corrected chi connectivity index (χ3v) is 4.29. The molecule has 0 unspecified atom stereocenters. The second kappa shape index (κ2) is 7.42. The highest BCUT2D eigenvalue weighted by atomic mass is 16.3. The van der Waals surface area contributed by atoms with Crippen LogP contribution in [0.1, 0.15) is 35.2 Å². The number of rotatable bonds is 4. The molecule has 0 spiro atoms. The van der Waals surface area contributed by atoms with Crippen LogP contribution in [0.2, 0.25) is 0 Å². The number of nitrogens with zero attached hydrogens (tertiary/aromatic N) is 3. The fourth-order valence-corrected chi connectivity index (χ4v) is 2.88. The van der Waals surface area contributed by atoms with Crippen LogP contribution >= 0.6 is 0 Å². The average Bonchev–Trinajstić information content (AvgIpc) is 3.02. The van der Waals surface area contributed by atoms with Gasteiger partial charge in [0.05, 0.1) is 12.0 Å². The molecule has 1 fully saturated rings. The lowest BCUT2D eigenvalue weighted by Crippen LogP contribution is -2.35. The molecule has 2 aromatic rings. The van der Waals surface area contributed by atoms with Gasteiger partial charge in [-0.25, -0.2) is 0 Å². The van der Waals surface area contributed by atoms with Gasteiger partial charge in [-0.15, -0.1) is 0 Å². The van der Waals surface area contributed by atoms with Crippen LogP contribution in [-0.4, -0.2) is 46.9 Å². The summed E-state index contributed by atoms with van der Waals surface area (Å²) in [6.45, 7) is 6.33. The monoisotopic (exact) mass is 313 g/mol. The first-order chi connectivity index (χ1) is 11.3. The SMILES string of the molecule is CCc1ccc(CN2CCCN(C(=O)c3ccco3)CC2)nc1. The summed E-state index contributed by atoms with van der Waals surface area (Å²) in [6.07, 6.45) is 5.49. The van der Waals surface area contributed by atoms with Gasteiger partial charge in [0.2, 0.25) is 0 Å². The van der Waals surface area contributed by atoms with Crippen molar-refractivity contribution in [2.24, 2.45) is 0 Å². The molecule has 1 amide bonds. The summed E-state index contributed by atoms with van der Waals surface area (Å²) in [5.74, 6) is 0.414. The quantitative estimate of drug-likeness (QED) is 0.870. The molecule has 0 atom stereocenters. The van der Waals surface area contributed by atoms with E-state index in [4.69, 9.17) is 4.42 Å². The Hall–Kier alpha value is -2.14. The predicted molar refractivity (Wildman–Crippen MR) is 88.1 cm³/mol. The van der Waals surface area contributed by atoms with E-state index in [1.54, 1.807) is 18.4 Å². The van der Waals surface area contributed by atoms with Crippen LogP contribution < -0.4 is 0 Å². The Morgan fingerprint density at radius 3 is 2.83 bits per heavy atom. The molecule has 1 aliphatic rings. The minimum atomic E-state index is -0.0118. The Morgan fingerprint density at radius 2 is 2.13 bits per heavy atom. The maximum Gasteiger partial charge on any atom is 0.289 e. The molecule has 0 aliphatic carbocycles. The van der Waals surface area contributed by atoms with Gasteiger partial charge in [0.15, 0.2) is 5.76 Å².